The van der Waals surface area contributed by atoms with Crippen LogP contribution < -0.4 is 5.32 Å². The maximum absolute atomic E-state index is 12.7. The SMILES string of the molecule is CSCC(=O)N1CCC[C@H](C(=O)Nc2cccc(-c3cccc(C)c3)c2)C1. The van der Waals surface area contributed by atoms with Gasteiger partial charge in [0.25, 0.3) is 0 Å². The van der Waals surface area contributed by atoms with E-state index in [0.717, 1.165) is 36.2 Å². The Morgan fingerprint density at radius 3 is 2.63 bits per heavy atom. The Hall–Kier alpha value is -2.27. The Kier molecular flexibility index (Phi) is 6.56. The highest BCUT2D eigenvalue weighted by molar-refractivity contribution is 7.99. The van der Waals surface area contributed by atoms with Gasteiger partial charge in [0.2, 0.25) is 11.8 Å². The number of hydrogen-bond donors (Lipinski definition) is 1. The number of hydrogen-bond acceptors (Lipinski definition) is 3. The monoisotopic (exact) mass is 382 g/mol. The smallest absolute Gasteiger partial charge is 0.232 e. The van der Waals surface area contributed by atoms with E-state index in [0.29, 0.717) is 12.3 Å². The first-order chi connectivity index (χ1) is 13.1. The molecule has 27 heavy (non-hydrogen) atoms. The van der Waals surface area contributed by atoms with Crippen molar-refractivity contribution in [1.82, 2.24) is 4.90 Å². The zero-order chi connectivity index (χ0) is 19.2. The zero-order valence-corrected chi connectivity index (χ0v) is 16.7. The fraction of sp³-hybridized carbons (Fsp3) is 0.364. The molecule has 0 saturated carbocycles. The van der Waals surface area contributed by atoms with Crippen molar-refractivity contribution in [2.24, 2.45) is 5.92 Å². The minimum Gasteiger partial charge on any atom is -0.341 e. The lowest BCUT2D eigenvalue weighted by molar-refractivity contribution is -0.132. The van der Waals surface area contributed by atoms with Crippen LogP contribution in [-0.2, 0) is 9.59 Å². The number of nitrogens with one attached hydrogen (secondary N) is 1. The number of thioether (sulfide) groups is 1. The van der Waals surface area contributed by atoms with E-state index in [1.165, 1.54) is 17.3 Å². The largest absolute Gasteiger partial charge is 0.341 e. The molecule has 0 spiro atoms. The molecule has 142 valence electrons. The van der Waals surface area contributed by atoms with Gasteiger partial charge in [-0.15, -0.1) is 0 Å². The van der Waals surface area contributed by atoms with Crippen LogP contribution in [0.5, 0.6) is 0 Å². The minimum absolute atomic E-state index is 0.00181. The van der Waals surface area contributed by atoms with Crippen LogP contribution in [0.3, 0.4) is 0 Å². The zero-order valence-electron chi connectivity index (χ0n) is 15.9. The van der Waals surface area contributed by atoms with Gasteiger partial charge >= 0.3 is 0 Å². The third kappa shape index (κ3) is 5.13. The summed E-state index contributed by atoms with van der Waals surface area (Å²) in [5.41, 5.74) is 4.22. The summed E-state index contributed by atoms with van der Waals surface area (Å²) in [6.45, 7) is 3.34. The minimum atomic E-state index is -0.146. The molecule has 1 aliphatic heterocycles. The van der Waals surface area contributed by atoms with Crippen molar-refractivity contribution in [3.05, 3.63) is 54.1 Å². The predicted octanol–water partition coefficient (Wildman–Crippen LogP) is 4.20. The lowest BCUT2D eigenvalue weighted by Gasteiger charge is -2.32. The third-order valence-corrected chi connectivity index (χ3v) is 5.43. The molecule has 1 heterocycles. The van der Waals surface area contributed by atoms with Crippen LogP contribution in [0.1, 0.15) is 18.4 Å². The summed E-state index contributed by atoms with van der Waals surface area (Å²) in [5, 5.41) is 3.05. The van der Waals surface area contributed by atoms with Crippen molar-refractivity contribution in [2.45, 2.75) is 19.8 Å². The van der Waals surface area contributed by atoms with E-state index in [-0.39, 0.29) is 17.7 Å². The number of likely N-dealkylation sites (tertiary alicyclic amines) is 1. The first-order valence-corrected chi connectivity index (χ1v) is 10.7. The van der Waals surface area contributed by atoms with Gasteiger partial charge < -0.3 is 10.2 Å². The van der Waals surface area contributed by atoms with Gasteiger partial charge in [-0.05, 0) is 49.3 Å². The molecule has 2 amide bonds. The highest BCUT2D eigenvalue weighted by atomic mass is 32.2. The summed E-state index contributed by atoms with van der Waals surface area (Å²) < 4.78 is 0. The molecule has 0 bridgehead atoms. The van der Waals surface area contributed by atoms with E-state index in [9.17, 15) is 9.59 Å². The maximum atomic E-state index is 12.7. The van der Waals surface area contributed by atoms with Gasteiger partial charge in [0.05, 0.1) is 11.7 Å². The summed E-state index contributed by atoms with van der Waals surface area (Å²) in [4.78, 5) is 26.7. The molecule has 1 saturated heterocycles. The van der Waals surface area contributed by atoms with Gasteiger partial charge in [-0.3, -0.25) is 9.59 Å². The van der Waals surface area contributed by atoms with E-state index >= 15 is 0 Å². The summed E-state index contributed by atoms with van der Waals surface area (Å²) in [5.74, 6) is 0.457. The van der Waals surface area contributed by atoms with Crippen LogP contribution in [0, 0.1) is 12.8 Å². The van der Waals surface area contributed by atoms with Crippen LogP contribution in [0.15, 0.2) is 48.5 Å². The number of benzene rings is 2. The average Bonchev–Trinajstić information content (AvgIpc) is 2.68. The summed E-state index contributed by atoms with van der Waals surface area (Å²) >= 11 is 1.52. The topological polar surface area (TPSA) is 49.4 Å². The van der Waals surface area contributed by atoms with E-state index < -0.39 is 0 Å². The Balaban J connectivity index is 1.67. The maximum Gasteiger partial charge on any atom is 0.232 e. The van der Waals surface area contributed by atoms with Crippen molar-refractivity contribution in [2.75, 3.05) is 30.4 Å². The quantitative estimate of drug-likeness (QED) is 0.843. The summed E-state index contributed by atoms with van der Waals surface area (Å²) in [6, 6.07) is 16.3. The molecular formula is C22H26N2O2S. The molecule has 0 unspecified atom stereocenters. The fourth-order valence-electron chi connectivity index (χ4n) is 3.48. The number of aryl methyl sites for hydroxylation is 1. The summed E-state index contributed by atoms with van der Waals surface area (Å²) in [6.07, 6.45) is 3.63. The molecule has 1 N–H and O–H groups in total. The average molecular weight is 383 g/mol. The van der Waals surface area contributed by atoms with E-state index in [1.54, 1.807) is 0 Å². The first-order valence-electron chi connectivity index (χ1n) is 9.31. The van der Waals surface area contributed by atoms with E-state index in [1.807, 2.05) is 41.5 Å². The Bertz CT molecular complexity index is 821. The second-order valence-corrected chi connectivity index (χ2v) is 7.92. The van der Waals surface area contributed by atoms with Crippen LogP contribution >= 0.6 is 11.8 Å². The lowest BCUT2D eigenvalue weighted by atomic mass is 9.96. The normalized spacial score (nSPS) is 16.8. The van der Waals surface area contributed by atoms with Crippen LogP contribution in [0.25, 0.3) is 11.1 Å². The summed E-state index contributed by atoms with van der Waals surface area (Å²) in [7, 11) is 0. The molecular weight excluding hydrogens is 356 g/mol. The molecule has 0 radical (unpaired) electrons. The van der Waals surface area contributed by atoms with E-state index in [4.69, 9.17) is 0 Å². The number of nitrogens with zero attached hydrogens (tertiary/aromatic N) is 1. The number of amides is 2. The van der Waals surface area contributed by atoms with Gasteiger partial charge in [0.15, 0.2) is 0 Å². The van der Waals surface area contributed by atoms with Crippen LogP contribution in [-0.4, -0.2) is 41.8 Å². The Morgan fingerprint density at radius 2 is 1.89 bits per heavy atom. The first kappa shape index (κ1) is 19.5. The van der Waals surface area contributed by atoms with Crippen molar-refractivity contribution >= 4 is 29.3 Å². The van der Waals surface area contributed by atoms with Crippen LogP contribution in [0.4, 0.5) is 5.69 Å². The highest BCUT2D eigenvalue weighted by Crippen LogP contribution is 2.25. The second kappa shape index (κ2) is 9.09. The number of carbonyl (C=O) groups is 2. The molecule has 4 nitrogen and oxygen atoms in total. The van der Waals surface area contributed by atoms with Crippen molar-refractivity contribution in [3.8, 4) is 11.1 Å². The molecule has 2 aromatic rings. The lowest BCUT2D eigenvalue weighted by Crippen LogP contribution is -2.44. The number of rotatable bonds is 5. The molecule has 5 heteroatoms. The molecule has 3 rings (SSSR count). The predicted molar refractivity (Wildman–Crippen MR) is 113 cm³/mol. The van der Waals surface area contributed by atoms with Crippen molar-refractivity contribution < 1.29 is 9.59 Å². The van der Waals surface area contributed by atoms with Crippen LogP contribution in [0.2, 0.25) is 0 Å². The van der Waals surface area contributed by atoms with Gasteiger partial charge in [0.1, 0.15) is 0 Å². The molecule has 1 fully saturated rings. The standard InChI is InChI=1S/C22H26N2O2S/c1-16-6-3-7-17(12-16)18-8-4-10-20(13-18)23-22(26)19-9-5-11-24(14-19)21(25)15-27-2/h3-4,6-8,10,12-13,19H,5,9,11,14-15H2,1-2H3,(H,23,26)/t19-/m0/s1. The van der Waals surface area contributed by atoms with E-state index in [2.05, 4.69) is 30.4 Å². The van der Waals surface area contributed by atoms with Gasteiger partial charge in [0, 0.05) is 18.8 Å². The van der Waals surface area contributed by atoms with Gasteiger partial charge in [-0.2, -0.15) is 11.8 Å². The molecule has 2 aromatic carbocycles. The van der Waals surface area contributed by atoms with Gasteiger partial charge in [-0.25, -0.2) is 0 Å². The molecule has 0 aromatic heterocycles. The Morgan fingerprint density at radius 1 is 1.15 bits per heavy atom. The van der Waals surface area contributed by atoms with Crippen molar-refractivity contribution in [3.63, 3.8) is 0 Å². The number of carbonyl (C=O) groups excluding carboxylic acids is 2. The van der Waals surface area contributed by atoms with Crippen molar-refractivity contribution in [1.29, 1.82) is 0 Å². The third-order valence-electron chi connectivity index (χ3n) is 4.89. The second-order valence-electron chi connectivity index (χ2n) is 7.05. The van der Waals surface area contributed by atoms with Gasteiger partial charge in [-0.1, -0.05) is 42.0 Å². The highest BCUT2D eigenvalue weighted by Gasteiger charge is 2.28. The number of piperidine rings is 1. The molecule has 1 atom stereocenters. The molecule has 0 aliphatic carbocycles. The fourth-order valence-corrected chi connectivity index (χ4v) is 3.91. The Labute approximate surface area is 165 Å². The molecule has 1 aliphatic rings. The number of anilines is 1.